The molecule has 0 aromatic rings. The Morgan fingerprint density at radius 3 is 1.71 bits per heavy atom. The Balaban J connectivity index is 2.11. The average Bonchev–Trinajstić information content (AvgIpc) is 2.32. The molecule has 2 heteroatoms. The molecule has 0 saturated carbocycles. The molecule has 0 N–H and O–H groups in total. The van der Waals surface area contributed by atoms with Gasteiger partial charge >= 0.3 is 0 Å². The molecule has 0 radical (unpaired) electrons. The maximum Gasteiger partial charge on any atom is 0.158 e. The third-order valence-electron chi connectivity index (χ3n) is 3.51. The van der Waals surface area contributed by atoms with Crippen molar-refractivity contribution in [1.82, 2.24) is 0 Å². The maximum atomic E-state index is 11.5. The highest BCUT2D eigenvalue weighted by Crippen LogP contribution is 2.12. The van der Waals surface area contributed by atoms with Gasteiger partial charge in [0.2, 0.25) is 0 Å². The molecule has 1 fully saturated rings. The van der Waals surface area contributed by atoms with Gasteiger partial charge in [-0.2, -0.15) is 0 Å². The number of ketones is 1. The highest BCUT2D eigenvalue weighted by Gasteiger charge is 2.02. The van der Waals surface area contributed by atoms with E-state index in [0.717, 1.165) is 25.9 Å². The summed E-state index contributed by atoms with van der Waals surface area (Å²) in [7, 11) is 0. The van der Waals surface area contributed by atoms with Crippen LogP contribution in [0.15, 0.2) is 0 Å². The van der Waals surface area contributed by atoms with Crippen LogP contribution in [-0.4, -0.2) is 19.0 Å². The minimum Gasteiger partial charge on any atom is -0.374 e. The molecule has 1 heterocycles. The molecule has 1 aliphatic heterocycles. The van der Waals surface area contributed by atoms with E-state index in [2.05, 4.69) is 0 Å². The lowest BCUT2D eigenvalue weighted by Crippen LogP contribution is -2.09. The summed E-state index contributed by atoms with van der Waals surface area (Å²) in [4.78, 5) is 11.5. The number of hydrogen-bond acceptors (Lipinski definition) is 2. The molecule has 0 bridgehead atoms. The fourth-order valence-corrected chi connectivity index (χ4v) is 2.38. The van der Waals surface area contributed by atoms with Crippen molar-refractivity contribution >= 4 is 5.78 Å². The molecule has 0 atom stereocenters. The first-order valence-corrected chi connectivity index (χ1v) is 7.49. The third kappa shape index (κ3) is 9.34. The van der Waals surface area contributed by atoms with Gasteiger partial charge in [-0.1, -0.05) is 57.8 Å². The fraction of sp³-hybridized carbons (Fsp3) is 0.933. The van der Waals surface area contributed by atoms with Crippen LogP contribution in [0.3, 0.4) is 0 Å². The van der Waals surface area contributed by atoms with Gasteiger partial charge in [0, 0.05) is 13.0 Å². The highest BCUT2D eigenvalue weighted by atomic mass is 16.5. The van der Waals surface area contributed by atoms with E-state index in [4.69, 9.17) is 4.74 Å². The van der Waals surface area contributed by atoms with Crippen LogP contribution in [0.4, 0.5) is 0 Å². The lowest BCUT2D eigenvalue weighted by atomic mass is 10.0. The lowest BCUT2D eigenvalue weighted by Gasteiger charge is -2.06. The molecule has 0 aliphatic carbocycles. The topological polar surface area (TPSA) is 26.3 Å². The number of carbonyl (C=O) groups is 1. The second-order valence-electron chi connectivity index (χ2n) is 5.23. The quantitative estimate of drug-likeness (QED) is 0.632. The Labute approximate surface area is 106 Å². The second kappa shape index (κ2) is 10.8. The smallest absolute Gasteiger partial charge is 0.158 e. The van der Waals surface area contributed by atoms with Crippen molar-refractivity contribution in [3.8, 4) is 0 Å². The van der Waals surface area contributed by atoms with Crippen molar-refractivity contribution in [1.29, 1.82) is 0 Å². The van der Waals surface area contributed by atoms with Gasteiger partial charge in [0.15, 0.2) is 5.78 Å². The van der Waals surface area contributed by atoms with Crippen LogP contribution in [-0.2, 0) is 9.53 Å². The average molecular weight is 240 g/mol. The molecule has 0 spiro atoms. The van der Waals surface area contributed by atoms with Gasteiger partial charge in [-0.05, 0) is 12.8 Å². The van der Waals surface area contributed by atoms with Crippen molar-refractivity contribution < 1.29 is 9.53 Å². The first-order chi connectivity index (χ1) is 8.39. The van der Waals surface area contributed by atoms with Gasteiger partial charge in [0.25, 0.3) is 0 Å². The van der Waals surface area contributed by atoms with E-state index in [1.807, 2.05) is 0 Å². The Kier molecular flexibility index (Phi) is 9.30. The third-order valence-corrected chi connectivity index (χ3v) is 3.51. The predicted molar refractivity (Wildman–Crippen MR) is 71.2 cm³/mol. The zero-order valence-electron chi connectivity index (χ0n) is 11.2. The first kappa shape index (κ1) is 14.7. The van der Waals surface area contributed by atoms with Crippen molar-refractivity contribution in [2.75, 3.05) is 13.2 Å². The summed E-state index contributed by atoms with van der Waals surface area (Å²) in [6, 6.07) is 0. The standard InChI is InChI=1S/C15H28O2/c16-15-12-10-8-6-4-2-1-3-5-7-9-11-13-17-14-15/h1-14H2. The summed E-state index contributed by atoms with van der Waals surface area (Å²) in [6.45, 7) is 1.12. The van der Waals surface area contributed by atoms with E-state index in [1.165, 1.54) is 57.8 Å². The molecule has 1 rings (SSSR count). The minimum absolute atomic E-state index is 0.289. The molecular weight excluding hydrogens is 212 g/mol. The summed E-state index contributed by atoms with van der Waals surface area (Å²) < 4.78 is 5.40. The van der Waals surface area contributed by atoms with Crippen LogP contribution in [0, 0.1) is 0 Å². The molecular formula is C15H28O2. The van der Waals surface area contributed by atoms with Crippen molar-refractivity contribution in [3.63, 3.8) is 0 Å². The summed E-state index contributed by atoms with van der Waals surface area (Å²) >= 11 is 0. The van der Waals surface area contributed by atoms with E-state index >= 15 is 0 Å². The highest BCUT2D eigenvalue weighted by molar-refractivity contribution is 5.79. The van der Waals surface area contributed by atoms with Gasteiger partial charge in [0.05, 0.1) is 0 Å². The van der Waals surface area contributed by atoms with Gasteiger partial charge < -0.3 is 4.74 Å². The largest absolute Gasteiger partial charge is 0.374 e. The van der Waals surface area contributed by atoms with E-state index in [9.17, 15) is 4.79 Å². The summed E-state index contributed by atoms with van der Waals surface area (Å²) in [5, 5.41) is 0. The molecule has 0 aromatic carbocycles. The van der Waals surface area contributed by atoms with Crippen LogP contribution >= 0.6 is 0 Å². The number of hydrogen-bond donors (Lipinski definition) is 0. The van der Waals surface area contributed by atoms with Crippen molar-refractivity contribution in [2.45, 2.75) is 77.0 Å². The van der Waals surface area contributed by atoms with E-state index in [1.54, 1.807) is 0 Å². The number of Topliss-reactive ketones (excluding diaryl/α,β-unsaturated/α-hetero) is 1. The predicted octanol–water partition coefficient (Wildman–Crippen LogP) is 4.27. The molecule has 0 aromatic heterocycles. The SMILES string of the molecule is O=C1CCCCCCCCCCCCCOC1. The Morgan fingerprint density at radius 1 is 0.647 bits per heavy atom. The number of carbonyl (C=O) groups excluding carboxylic acids is 1. The van der Waals surface area contributed by atoms with Gasteiger partial charge in [-0.3, -0.25) is 4.79 Å². The fourth-order valence-electron chi connectivity index (χ4n) is 2.38. The van der Waals surface area contributed by atoms with Crippen LogP contribution in [0.5, 0.6) is 0 Å². The van der Waals surface area contributed by atoms with Crippen LogP contribution in [0.1, 0.15) is 77.0 Å². The van der Waals surface area contributed by atoms with Gasteiger partial charge in [-0.25, -0.2) is 0 Å². The van der Waals surface area contributed by atoms with E-state index < -0.39 is 0 Å². The monoisotopic (exact) mass is 240 g/mol. The Hall–Kier alpha value is -0.370. The van der Waals surface area contributed by atoms with E-state index in [0.29, 0.717) is 6.61 Å². The van der Waals surface area contributed by atoms with Crippen molar-refractivity contribution in [2.24, 2.45) is 0 Å². The molecule has 0 unspecified atom stereocenters. The first-order valence-electron chi connectivity index (χ1n) is 7.49. The van der Waals surface area contributed by atoms with Gasteiger partial charge in [-0.15, -0.1) is 0 Å². The van der Waals surface area contributed by atoms with Crippen molar-refractivity contribution in [3.05, 3.63) is 0 Å². The van der Waals surface area contributed by atoms with Crippen LogP contribution < -0.4 is 0 Å². The summed E-state index contributed by atoms with van der Waals surface area (Å²) in [5.74, 6) is 0.289. The normalized spacial score (nSPS) is 23.4. The van der Waals surface area contributed by atoms with Crippen LogP contribution in [0.2, 0.25) is 0 Å². The number of rotatable bonds is 0. The lowest BCUT2D eigenvalue weighted by molar-refractivity contribution is -0.123. The second-order valence-corrected chi connectivity index (χ2v) is 5.23. The molecule has 1 aliphatic rings. The molecule has 100 valence electrons. The molecule has 0 amide bonds. The minimum atomic E-state index is 0.289. The molecule has 1 saturated heterocycles. The Bertz CT molecular complexity index is 171. The Morgan fingerprint density at radius 2 is 1.12 bits per heavy atom. The summed E-state index contributed by atoms with van der Waals surface area (Å²) in [6.07, 6.45) is 14.9. The summed E-state index contributed by atoms with van der Waals surface area (Å²) in [5.41, 5.74) is 0. The van der Waals surface area contributed by atoms with Crippen LogP contribution in [0.25, 0.3) is 0 Å². The number of ether oxygens (including phenoxy) is 1. The molecule has 2 nitrogen and oxygen atoms in total. The van der Waals surface area contributed by atoms with E-state index in [-0.39, 0.29) is 5.78 Å². The maximum absolute atomic E-state index is 11.5. The molecule has 17 heavy (non-hydrogen) atoms. The van der Waals surface area contributed by atoms with Gasteiger partial charge in [0.1, 0.15) is 6.61 Å². The zero-order valence-corrected chi connectivity index (χ0v) is 11.2. The zero-order chi connectivity index (χ0) is 12.2.